The maximum Gasteiger partial charge on any atom is 0.164 e. The maximum atomic E-state index is 11.7. The van der Waals surface area contributed by atoms with Crippen molar-refractivity contribution in [1.29, 1.82) is 0 Å². The minimum Gasteiger partial charge on any atom is -0.348 e. The molecule has 2 heteroatoms. The number of carbonyl (C=O) groups excluding carboxylic acids is 1. The molecule has 0 aliphatic heterocycles. The molecular weight excluding hydrogens is 186 g/mol. The molecule has 1 atom stereocenters. The zero-order chi connectivity index (χ0) is 11.0. The lowest BCUT2D eigenvalue weighted by molar-refractivity contribution is 0.0971. The van der Waals surface area contributed by atoms with Gasteiger partial charge in [0, 0.05) is 29.9 Å². The van der Waals surface area contributed by atoms with Crippen molar-refractivity contribution in [1.82, 2.24) is 4.57 Å². The zero-order valence-electron chi connectivity index (χ0n) is 9.79. The van der Waals surface area contributed by atoms with Gasteiger partial charge in [-0.2, -0.15) is 0 Å². The lowest BCUT2D eigenvalue weighted by atomic mass is 9.96. The van der Waals surface area contributed by atoms with Gasteiger partial charge in [-0.1, -0.05) is 13.8 Å². The summed E-state index contributed by atoms with van der Waals surface area (Å²) in [6.07, 6.45) is 4.89. The van der Waals surface area contributed by atoms with Gasteiger partial charge in [-0.15, -0.1) is 0 Å². The van der Waals surface area contributed by atoms with E-state index in [4.69, 9.17) is 0 Å². The minimum absolute atomic E-state index is 0.325. The summed E-state index contributed by atoms with van der Waals surface area (Å²) in [4.78, 5) is 11.7. The van der Waals surface area contributed by atoms with Crippen LogP contribution in [-0.4, -0.2) is 10.4 Å². The van der Waals surface area contributed by atoms with Gasteiger partial charge < -0.3 is 4.57 Å². The number of hydrogen-bond donors (Lipinski definition) is 0. The highest BCUT2D eigenvalue weighted by molar-refractivity contribution is 5.98. The fourth-order valence-electron chi connectivity index (χ4n) is 2.25. The molecule has 1 aromatic rings. The predicted octanol–water partition coefficient (Wildman–Crippen LogP) is 3.22. The molecule has 0 amide bonds. The van der Waals surface area contributed by atoms with Crippen molar-refractivity contribution in [3.05, 3.63) is 23.5 Å². The van der Waals surface area contributed by atoms with Gasteiger partial charge in [-0.25, -0.2) is 0 Å². The smallest absolute Gasteiger partial charge is 0.164 e. The number of ketones is 1. The molecule has 1 unspecified atom stereocenters. The first-order valence-corrected chi connectivity index (χ1v) is 5.84. The summed E-state index contributed by atoms with van der Waals surface area (Å²) >= 11 is 0. The van der Waals surface area contributed by atoms with E-state index in [0.717, 1.165) is 24.8 Å². The molecule has 0 bridgehead atoms. The van der Waals surface area contributed by atoms with Crippen molar-refractivity contribution in [2.45, 2.75) is 46.1 Å². The third kappa shape index (κ3) is 1.73. The van der Waals surface area contributed by atoms with Crippen molar-refractivity contribution in [2.24, 2.45) is 5.92 Å². The quantitative estimate of drug-likeness (QED) is 0.726. The second-order valence-electron chi connectivity index (χ2n) is 4.84. The summed E-state index contributed by atoms with van der Waals surface area (Å²) in [5.74, 6) is 0.935. The van der Waals surface area contributed by atoms with E-state index in [1.54, 1.807) is 0 Å². The Bertz CT molecular complexity index is 376. The van der Waals surface area contributed by atoms with Crippen LogP contribution in [0.1, 0.15) is 55.7 Å². The van der Waals surface area contributed by atoms with Crippen LogP contribution in [0.25, 0.3) is 0 Å². The maximum absolute atomic E-state index is 11.7. The summed E-state index contributed by atoms with van der Waals surface area (Å²) in [6, 6.07) is 2.48. The standard InChI is InChI=1S/C13H19NO/c1-9(2)10(3)14-8-7-11-12(14)5-4-6-13(11)15/h7-10H,4-6H2,1-3H3. The van der Waals surface area contributed by atoms with Crippen LogP contribution in [0.5, 0.6) is 0 Å². The highest BCUT2D eigenvalue weighted by Crippen LogP contribution is 2.27. The highest BCUT2D eigenvalue weighted by Gasteiger charge is 2.22. The van der Waals surface area contributed by atoms with E-state index >= 15 is 0 Å². The number of aromatic nitrogens is 1. The van der Waals surface area contributed by atoms with Gasteiger partial charge in [0.1, 0.15) is 0 Å². The highest BCUT2D eigenvalue weighted by atomic mass is 16.1. The third-order valence-corrected chi connectivity index (χ3v) is 3.55. The molecule has 82 valence electrons. The van der Waals surface area contributed by atoms with Crippen molar-refractivity contribution in [2.75, 3.05) is 0 Å². The number of fused-ring (bicyclic) bond motifs is 1. The molecular formula is C13H19NO. The fourth-order valence-corrected chi connectivity index (χ4v) is 2.25. The Morgan fingerprint density at radius 3 is 2.67 bits per heavy atom. The van der Waals surface area contributed by atoms with Crippen LogP contribution < -0.4 is 0 Å². The first-order chi connectivity index (χ1) is 7.11. The van der Waals surface area contributed by atoms with Crippen LogP contribution in [0.4, 0.5) is 0 Å². The number of hydrogen-bond acceptors (Lipinski definition) is 1. The van der Waals surface area contributed by atoms with E-state index in [1.807, 2.05) is 6.07 Å². The molecule has 0 radical (unpaired) electrons. The lowest BCUT2D eigenvalue weighted by Crippen LogP contribution is -2.17. The molecule has 15 heavy (non-hydrogen) atoms. The number of rotatable bonds is 2. The molecule has 0 saturated heterocycles. The summed E-state index contributed by atoms with van der Waals surface area (Å²) in [5, 5.41) is 0. The third-order valence-electron chi connectivity index (χ3n) is 3.55. The fraction of sp³-hybridized carbons (Fsp3) is 0.615. The topological polar surface area (TPSA) is 22.0 Å². The van der Waals surface area contributed by atoms with E-state index in [9.17, 15) is 4.79 Å². The SMILES string of the molecule is CC(C)C(C)n1ccc2c1CCCC2=O. The molecule has 2 nitrogen and oxygen atoms in total. The minimum atomic E-state index is 0.325. The first kappa shape index (κ1) is 10.5. The Morgan fingerprint density at radius 1 is 1.27 bits per heavy atom. The molecule has 0 spiro atoms. The molecule has 2 rings (SSSR count). The molecule has 0 fully saturated rings. The molecule has 1 aromatic heterocycles. The molecule has 1 heterocycles. The van der Waals surface area contributed by atoms with E-state index in [1.165, 1.54) is 5.69 Å². The molecule has 0 saturated carbocycles. The van der Waals surface area contributed by atoms with Crippen LogP contribution >= 0.6 is 0 Å². The average Bonchev–Trinajstić information content (AvgIpc) is 2.61. The Labute approximate surface area is 91.3 Å². The normalized spacial score (nSPS) is 18.0. The van der Waals surface area contributed by atoms with Crippen LogP contribution in [0.3, 0.4) is 0 Å². The van der Waals surface area contributed by atoms with Crippen molar-refractivity contribution >= 4 is 5.78 Å². The number of carbonyl (C=O) groups is 1. The van der Waals surface area contributed by atoms with Gasteiger partial charge in [0.25, 0.3) is 0 Å². The van der Waals surface area contributed by atoms with Crippen LogP contribution in [0.15, 0.2) is 12.3 Å². The molecule has 0 N–H and O–H groups in total. The Kier molecular flexibility index (Phi) is 2.68. The zero-order valence-corrected chi connectivity index (χ0v) is 9.79. The van der Waals surface area contributed by atoms with Crippen LogP contribution in [0.2, 0.25) is 0 Å². The summed E-state index contributed by atoms with van der Waals surface area (Å²) in [6.45, 7) is 6.67. The summed E-state index contributed by atoms with van der Waals surface area (Å²) in [7, 11) is 0. The monoisotopic (exact) mass is 205 g/mol. The van der Waals surface area contributed by atoms with Crippen LogP contribution in [0, 0.1) is 5.92 Å². The second kappa shape index (κ2) is 3.84. The van der Waals surface area contributed by atoms with E-state index in [0.29, 0.717) is 17.7 Å². The Balaban J connectivity index is 2.39. The van der Waals surface area contributed by atoms with E-state index in [2.05, 4.69) is 31.5 Å². The van der Waals surface area contributed by atoms with Gasteiger partial charge in [0.05, 0.1) is 0 Å². The van der Waals surface area contributed by atoms with Gasteiger partial charge in [0.2, 0.25) is 0 Å². The van der Waals surface area contributed by atoms with E-state index in [-0.39, 0.29) is 0 Å². The summed E-state index contributed by atoms with van der Waals surface area (Å²) in [5.41, 5.74) is 2.22. The predicted molar refractivity (Wildman–Crippen MR) is 61.2 cm³/mol. The van der Waals surface area contributed by atoms with Crippen molar-refractivity contribution in [3.63, 3.8) is 0 Å². The van der Waals surface area contributed by atoms with Gasteiger partial charge >= 0.3 is 0 Å². The number of nitrogens with zero attached hydrogens (tertiary/aromatic N) is 1. The van der Waals surface area contributed by atoms with Crippen molar-refractivity contribution in [3.8, 4) is 0 Å². The lowest BCUT2D eigenvalue weighted by Gasteiger charge is -2.23. The van der Waals surface area contributed by atoms with Crippen LogP contribution in [-0.2, 0) is 6.42 Å². The second-order valence-corrected chi connectivity index (χ2v) is 4.84. The Hall–Kier alpha value is -1.05. The van der Waals surface area contributed by atoms with Gasteiger partial charge in [0.15, 0.2) is 5.78 Å². The van der Waals surface area contributed by atoms with Gasteiger partial charge in [-0.3, -0.25) is 4.79 Å². The largest absolute Gasteiger partial charge is 0.348 e. The Morgan fingerprint density at radius 2 is 2.00 bits per heavy atom. The van der Waals surface area contributed by atoms with Gasteiger partial charge in [-0.05, 0) is 31.7 Å². The number of Topliss-reactive ketones (excluding diaryl/α,β-unsaturated/α-hetero) is 1. The molecule has 1 aliphatic carbocycles. The average molecular weight is 205 g/mol. The van der Waals surface area contributed by atoms with E-state index < -0.39 is 0 Å². The molecule has 1 aliphatic rings. The molecule has 0 aromatic carbocycles. The van der Waals surface area contributed by atoms with Crippen molar-refractivity contribution < 1.29 is 4.79 Å². The summed E-state index contributed by atoms with van der Waals surface area (Å²) < 4.78 is 2.29. The first-order valence-electron chi connectivity index (χ1n) is 5.84.